The van der Waals surface area contributed by atoms with Crippen molar-refractivity contribution in [3.8, 4) is 0 Å². The van der Waals surface area contributed by atoms with Gasteiger partial charge >= 0.3 is 51.4 Å². The third-order valence-corrected chi connectivity index (χ3v) is 1.75. The molecule has 0 radical (unpaired) electrons. The minimum atomic E-state index is 0. The average molecular weight is 154 g/mol. The van der Waals surface area contributed by atoms with Gasteiger partial charge in [0.1, 0.15) is 0 Å². The van der Waals surface area contributed by atoms with Crippen LogP contribution in [0.4, 0.5) is 0 Å². The molecule has 0 aliphatic rings. The van der Waals surface area contributed by atoms with E-state index in [-0.39, 0.29) is 52.8 Å². The molecule has 0 aliphatic heterocycles. The van der Waals surface area contributed by atoms with E-state index < -0.39 is 0 Å². The fourth-order valence-corrected chi connectivity index (χ4v) is 0.757. The fourth-order valence-electron chi connectivity index (χ4n) is 0.757. The molecular formula is C8H19K. The zero-order valence-electron chi connectivity index (χ0n) is 8.41. The third-order valence-electron chi connectivity index (χ3n) is 1.75. The van der Waals surface area contributed by atoms with Crippen LogP contribution < -0.4 is 51.4 Å². The zero-order chi connectivity index (χ0) is 6.41. The van der Waals surface area contributed by atoms with Gasteiger partial charge in [-0.25, -0.2) is 0 Å². The van der Waals surface area contributed by atoms with Crippen molar-refractivity contribution in [2.45, 2.75) is 46.5 Å². The summed E-state index contributed by atoms with van der Waals surface area (Å²) in [5.74, 6) is 0.954. The summed E-state index contributed by atoms with van der Waals surface area (Å²) in [7, 11) is 0. The van der Waals surface area contributed by atoms with Crippen LogP contribution in [0, 0.1) is 5.92 Å². The molecule has 0 amide bonds. The van der Waals surface area contributed by atoms with E-state index in [0.717, 1.165) is 5.92 Å². The summed E-state index contributed by atoms with van der Waals surface area (Å²) in [4.78, 5) is 0. The van der Waals surface area contributed by atoms with Crippen molar-refractivity contribution in [2.75, 3.05) is 0 Å². The standard InChI is InChI=1S/C8H18.K.H/c1-4-6-7-8(3)5-2;;/h8H,4-7H2,1-3H3;;/q;+1;-1. The van der Waals surface area contributed by atoms with Gasteiger partial charge in [0, 0.05) is 0 Å². The molecule has 0 aromatic rings. The second-order valence-electron chi connectivity index (χ2n) is 2.66. The molecule has 0 aromatic carbocycles. The van der Waals surface area contributed by atoms with Gasteiger partial charge < -0.3 is 1.43 Å². The zero-order valence-corrected chi connectivity index (χ0v) is 10.5. The molecule has 1 heteroatoms. The van der Waals surface area contributed by atoms with E-state index in [2.05, 4.69) is 20.8 Å². The first kappa shape index (κ1) is 13.2. The van der Waals surface area contributed by atoms with E-state index in [1.54, 1.807) is 0 Å². The maximum absolute atomic E-state index is 2.33. The molecule has 0 saturated heterocycles. The Bertz CT molecular complexity index is 48.5. The summed E-state index contributed by atoms with van der Waals surface area (Å²) < 4.78 is 0. The summed E-state index contributed by atoms with van der Waals surface area (Å²) in [6.45, 7) is 6.85. The Morgan fingerprint density at radius 3 is 2.22 bits per heavy atom. The summed E-state index contributed by atoms with van der Waals surface area (Å²) >= 11 is 0. The minimum Gasteiger partial charge on any atom is -1.00 e. The van der Waals surface area contributed by atoms with Crippen LogP contribution in [0.5, 0.6) is 0 Å². The van der Waals surface area contributed by atoms with Gasteiger partial charge in [-0.15, -0.1) is 0 Å². The molecule has 1 unspecified atom stereocenters. The Hall–Kier alpha value is 1.64. The molecule has 0 saturated carbocycles. The normalized spacial score (nSPS) is 12.3. The van der Waals surface area contributed by atoms with Crippen LogP contribution in [0.15, 0.2) is 0 Å². The number of hydrogen-bond acceptors (Lipinski definition) is 0. The molecule has 0 heterocycles. The van der Waals surface area contributed by atoms with Crippen molar-refractivity contribution in [1.29, 1.82) is 0 Å². The molecule has 0 nitrogen and oxygen atoms in total. The molecule has 0 bridgehead atoms. The summed E-state index contributed by atoms with van der Waals surface area (Å²) in [5.41, 5.74) is 0. The van der Waals surface area contributed by atoms with Gasteiger partial charge in [0.25, 0.3) is 0 Å². The van der Waals surface area contributed by atoms with Gasteiger partial charge in [0.15, 0.2) is 0 Å². The van der Waals surface area contributed by atoms with Crippen LogP contribution in [0.2, 0.25) is 0 Å². The summed E-state index contributed by atoms with van der Waals surface area (Å²) in [6.07, 6.45) is 5.53. The van der Waals surface area contributed by atoms with Gasteiger partial charge in [-0.3, -0.25) is 0 Å². The second-order valence-corrected chi connectivity index (χ2v) is 2.66. The fraction of sp³-hybridized carbons (Fsp3) is 1.00. The van der Waals surface area contributed by atoms with Crippen LogP contribution in [0.25, 0.3) is 0 Å². The van der Waals surface area contributed by atoms with Crippen LogP contribution in [-0.2, 0) is 0 Å². The van der Waals surface area contributed by atoms with Crippen LogP contribution >= 0.6 is 0 Å². The predicted octanol–water partition coefficient (Wildman–Crippen LogP) is 0.339. The van der Waals surface area contributed by atoms with E-state index in [9.17, 15) is 0 Å². The second kappa shape index (κ2) is 9.64. The van der Waals surface area contributed by atoms with Crippen LogP contribution in [-0.4, -0.2) is 0 Å². The molecule has 9 heavy (non-hydrogen) atoms. The Balaban J connectivity index is -0.000000245. The molecule has 0 aliphatic carbocycles. The minimum absolute atomic E-state index is 0. The number of hydrogen-bond donors (Lipinski definition) is 0. The summed E-state index contributed by atoms with van der Waals surface area (Å²) in [6, 6.07) is 0. The van der Waals surface area contributed by atoms with E-state index in [1.807, 2.05) is 0 Å². The smallest absolute Gasteiger partial charge is 1.00 e. The monoisotopic (exact) mass is 154 g/mol. The maximum Gasteiger partial charge on any atom is 1.00 e. The maximum atomic E-state index is 2.33. The Labute approximate surface area is 104 Å². The quantitative estimate of drug-likeness (QED) is 0.512. The SMILES string of the molecule is CCCCC(C)CC.[H-].[K+]. The Morgan fingerprint density at radius 1 is 1.33 bits per heavy atom. The van der Waals surface area contributed by atoms with Crippen molar-refractivity contribution in [1.82, 2.24) is 0 Å². The van der Waals surface area contributed by atoms with Crippen LogP contribution in [0.3, 0.4) is 0 Å². The molecule has 0 rings (SSSR count). The molecule has 52 valence electrons. The van der Waals surface area contributed by atoms with Crippen molar-refractivity contribution < 1.29 is 52.8 Å². The first-order valence-electron chi connectivity index (χ1n) is 3.81. The van der Waals surface area contributed by atoms with E-state index in [0.29, 0.717) is 0 Å². The van der Waals surface area contributed by atoms with Crippen molar-refractivity contribution >= 4 is 0 Å². The first-order chi connectivity index (χ1) is 3.81. The van der Waals surface area contributed by atoms with Gasteiger partial charge in [-0.2, -0.15) is 0 Å². The molecule has 0 N–H and O–H groups in total. The number of rotatable bonds is 4. The first-order valence-corrected chi connectivity index (χ1v) is 3.81. The van der Waals surface area contributed by atoms with Gasteiger partial charge in [-0.1, -0.05) is 46.5 Å². The topological polar surface area (TPSA) is 0 Å². The molecule has 0 fully saturated rings. The molecule has 0 aromatic heterocycles. The summed E-state index contributed by atoms with van der Waals surface area (Å²) in [5, 5.41) is 0. The van der Waals surface area contributed by atoms with E-state index in [4.69, 9.17) is 0 Å². The Morgan fingerprint density at radius 2 is 1.89 bits per heavy atom. The van der Waals surface area contributed by atoms with Gasteiger partial charge in [0.05, 0.1) is 0 Å². The van der Waals surface area contributed by atoms with Gasteiger partial charge in [-0.05, 0) is 5.92 Å². The Kier molecular flexibility index (Phi) is 14.2. The molecule has 0 spiro atoms. The van der Waals surface area contributed by atoms with Crippen molar-refractivity contribution in [2.24, 2.45) is 5.92 Å². The average Bonchev–Trinajstić information content (AvgIpc) is 1.83. The number of unbranched alkanes of at least 4 members (excludes halogenated alkanes) is 1. The molecule has 1 atom stereocenters. The third kappa shape index (κ3) is 9.64. The van der Waals surface area contributed by atoms with Crippen molar-refractivity contribution in [3.05, 3.63) is 0 Å². The molecular weight excluding hydrogens is 135 g/mol. The van der Waals surface area contributed by atoms with Crippen LogP contribution in [0.1, 0.15) is 47.9 Å². The largest absolute Gasteiger partial charge is 1.00 e. The van der Waals surface area contributed by atoms with E-state index in [1.165, 1.54) is 25.7 Å². The van der Waals surface area contributed by atoms with Crippen molar-refractivity contribution in [3.63, 3.8) is 0 Å². The predicted molar refractivity (Wildman–Crippen MR) is 40.1 cm³/mol. The van der Waals surface area contributed by atoms with E-state index >= 15 is 0 Å². The van der Waals surface area contributed by atoms with Gasteiger partial charge in [0.2, 0.25) is 0 Å².